The second-order valence-corrected chi connectivity index (χ2v) is 17.8. The maximum absolute atomic E-state index is 13.9. The maximum atomic E-state index is 13.9. The summed E-state index contributed by atoms with van der Waals surface area (Å²) in [5, 5.41) is 18.3. The van der Waals surface area contributed by atoms with Crippen LogP contribution in [0, 0.1) is 0 Å². The SMILES string of the molecule is C[C@H](NC(=O)Cc1cccc(C(=O)c2ccccc2)c1)C(=O)N[C@@H]1CN(CC(=O)NCCCCCNC(=O)CCC[C@@H]2SC[C@@H]3NC(=O)NC32)c2ccccc2O[C@@H]1c1ccccc1. The number of thioether (sulfide) groups is 1. The molecule has 64 heavy (non-hydrogen) atoms. The van der Waals surface area contributed by atoms with Gasteiger partial charge in [-0.2, -0.15) is 11.8 Å². The van der Waals surface area contributed by atoms with E-state index in [1.165, 1.54) is 0 Å². The van der Waals surface area contributed by atoms with E-state index in [0.717, 1.165) is 43.4 Å². The zero-order valence-electron chi connectivity index (χ0n) is 36.1. The first kappa shape index (κ1) is 45.7. The lowest BCUT2D eigenvalue weighted by molar-refractivity contribution is -0.129. The molecule has 0 spiro atoms. The average molecular weight is 888 g/mol. The molecule has 4 aromatic rings. The summed E-state index contributed by atoms with van der Waals surface area (Å²) in [6.45, 7) is 2.93. The number of unbranched alkanes of at least 4 members (excludes halogenated alkanes) is 2. The summed E-state index contributed by atoms with van der Waals surface area (Å²) in [4.78, 5) is 79.5. The molecule has 0 aromatic heterocycles. The summed E-state index contributed by atoms with van der Waals surface area (Å²) in [7, 11) is 0. The first-order valence-corrected chi connectivity index (χ1v) is 23.2. The number of urea groups is 1. The first-order chi connectivity index (χ1) is 31.1. The van der Waals surface area contributed by atoms with Crippen molar-refractivity contribution in [3.05, 3.63) is 131 Å². The van der Waals surface area contributed by atoms with Gasteiger partial charge in [0.05, 0.1) is 36.8 Å². The minimum absolute atomic E-state index is 0.0199. The van der Waals surface area contributed by atoms with Crippen molar-refractivity contribution in [3.63, 3.8) is 0 Å². The average Bonchev–Trinajstić information content (AvgIpc) is 3.81. The van der Waals surface area contributed by atoms with Crippen molar-refractivity contribution in [1.82, 2.24) is 31.9 Å². The van der Waals surface area contributed by atoms with Crippen LogP contribution in [0.25, 0.3) is 0 Å². The van der Waals surface area contributed by atoms with Gasteiger partial charge in [-0.1, -0.05) is 91.0 Å². The highest BCUT2D eigenvalue weighted by Gasteiger charge is 2.42. The van der Waals surface area contributed by atoms with Crippen LogP contribution < -0.4 is 41.5 Å². The van der Waals surface area contributed by atoms with Gasteiger partial charge in [0.15, 0.2) is 5.78 Å². The molecule has 0 aliphatic carbocycles. The Kier molecular flexibility index (Phi) is 15.9. The van der Waals surface area contributed by atoms with Crippen molar-refractivity contribution in [2.24, 2.45) is 0 Å². The molecule has 14 nitrogen and oxygen atoms in total. The smallest absolute Gasteiger partial charge is 0.315 e. The summed E-state index contributed by atoms with van der Waals surface area (Å²) in [5.74, 6) is 0.398. The molecule has 1 unspecified atom stereocenters. The number of carbonyl (C=O) groups excluding carboxylic acids is 6. The zero-order chi connectivity index (χ0) is 44.8. The number of anilines is 1. The lowest BCUT2D eigenvalue weighted by atomic mass is 10.00. The van der Waals surface area contributed by atoms with Crippen molar-refractivity contribution in [1.29, 1.82) is 0 Å². The number of rotatable bonds is 20. The highest BCUT2D eigenvalue weighted by Crippen LogP contribution is 2.37. The van der Waals surface area contributed by atoms with Crippen LogP contribution in [-0.4, -0.2) is 96.8 Å². The van der Waals surface area contributed by atoms with Gasteiger partial charge in [0.25, 0.3) is 0 Å². The van der Waals surface area contributed by atoms with E-state index in [0.29, 0.717) is 52.9 Å². The van der Waals surface area contributed by atoms with Crippen LogP contribution in [0.5, 0.6) is 5.75 Å². The summed E-state index contributed by atoms with van der Waals surface area (Å²) < 4.78 is 6.64. The number of nitrogens with one attached hydrogen (secondary N) is 6. The summed E-state index contributed by atoms with van der Waals surface area (Å²) in [6, 6.07) is 31.6. The van der Waals surface area contributed by atoms with E-state index < -0.39 is 24.1 Å². The standard InChI is InChI=1S/C49H57N7O7S/c1-32(52-43(58)28-33-15-13-20-36(27-33)46(60)34-16-5-2-6-17-34)48(61)53-37-29-56(39-21-9-10-22-40(39)63-47(37)35-18-7-3-8-19-35)30-44(59)51-26-12-4-11-25-50-42(57)24-14-23-41-45-38(31-64-41)54-49(62)55-45/h2-3,5-10,13,15-22,27,32,37-38,41,45,47H,4,11-12,14,23-26,28-31H2,1H3,(H,50,57)(H,51,59)(H,52,58)(H,53,61)(H2,54,55,62)/t32-,37+,38-,41-,45?,47+/m0/s1. The minimum Gasteiger partial charge on any atom is -0.481 e. The molecular weight excluding hydrogens is 831 g/mol. The molecule has 4 aromatic carbocycles. The Morgan fingerprint density at radius 2 is 1.48 bits per heavy atom. The lowest BCUT2D eigenvalue weighted by Gasteiger charge is -2.30. The van der Waals surface area contributed by atoms with Gasteiger partial charge in [0.2, 0.25) is 23.6 Å². The molecule has 7 rings (SSSR count). The molecule has 2 fully saturated rings. The monoisotopic (exact) mass is 887 g/mol. The Hall–Kier alpha value is -6.35. The van der Waals surface area contributed by atoms with Crippen LogP contribution in [-0.2, 0) is 25.6 Å². The molecule has 2 saturated heterocycles. The van der Waals surface area contributed by atoms with Gasteiger partial charge in [-0.05, 0) is 68.4 Å². The van der Waals surface area contributed by atoms with Gasteiger partial charge in [0, 0.05) is 48.2 Å². The van der Waals surface area contributed by atoms with E-state index in [1.807, 2.05) is 77.3 Å². The number of hydrogen-bond acceptors (Lipinski definition) is 9. The fraction of sp³-hybridized carbons (Fsp3) is 0.388. The number of benzene rings is 4. The van der Waals surface area contributed by atoms with Gasteiger partial charge >= 0.3 is 6.03 Å². The molecule has 3 heterocycles. The molecule has 0 saturated carbocycles. The maximum Gasteiger partial charge on any atom is 0.315 e. The number of amides is 6. The van der Waals surface area contributed by atoms with Crippen LogP contribution in [0.3, 0.4) is 0 Å². The topological polar surface area (TPSA) is 187 Å². The molecule has 6 N–H and O–H groups in total. The highest BCUT2D eigenvalue weighted by atomic mass is 32.2. The van der Waals surface area contributed by atoms with Crippen molar-refractivity contribution < 1.29 is 33.5 Å². The normalized spacial score (nSPS) is 20.2. The fourth-order valence-corrected chi connectivity index (χ4v) is 9.96. The molecular formula is C49H57N7O7S. The Labute approximate surface area is 378 Å². The highest BCUT2D eigenvalue weighted by molar-refractivity contribution is 8.00. The van der Waals surface area contributed by atoms with E-state index in [1.54, 1.807) is 55.5 Å². The van der Waals surface area contributed by atoms with Crippen LogP contribution in [0.4, 0.5) is 10.5 Å². The molecule has 6 amide bonds. The Morgan fingerprint density at radius 1 is 0.781 bits per heavy atom. The van der Waals surface area contributed by atoms with Gasteiger partial charge in [-0.25, -0.2) is 4.79 Å². The molecule has 15 heteroatoms. The molecule has 6 atom stereocenters. The van der Waals surface area contributed by atoms with Gasteiger partial charge in [-0.3, -0.25) is 24.0 Å². The van der Waals surface area contributed by atoms with E-state index in [4.69, 9.17) is 4.74 Å². The van der Waals surface area contributed by atoms with E-state index in [9.17, 15) is 28.8 Å². The van der Waals surface area contributed by atoms with Gasteiger partial charge in [0.1, 0.15) is 17.9 Å². The second-order valence-electron chi connectivity index (χ2n) is 16.5. The van der Waals surface area contributed by atoms with Crippen molar-refractivity contribution in [2.45, 2.75) is 87.4 Å². The Bertz CT molecular complexity index is 2260. The van der Waals surface area contributed by atoms with E-state index in [2.05, 4.69) is 31.9 Å². The first-order valence-electron chi connectivity index (χ1n) is 22.2. The number of hydrogen-bond donors (Lipinski definition) is 6. The number of ether oxygens (including phenoxy) is 1. The predicted octanol–water partition coefficient (Wildman–Crippen LogP) is 4.83. The third kappa shape index (κ3) is 12.4. The van der Waals surface area contributed by atoms with E-state index in [-0.39, 0.29) is 61.1 Å². The van der Waals surface area contributed by atoms with Crippen molar-refractivity contribution in [3.8, 4) is 5.75 Å². The quantitative estimate of drug-likeness (QED) is 0.0411. The third-order valence-electron chi connectivity index (χ3n) is 11.7. The third-order valence-corrected chi connectivity index (χ3v) is 13.2. The summed E-state index contributed by atoms with van der Waals surface area (Å²) in [5.41, 5.74) is 3.23. The van der Waals surface area contributed by atoms with Gasteiger partial charge in [-0.15, -0.1) is 0 Å². The number of para-hydroxylation sites is 2. The van der Waals surface area contributed by atoms with Crippen LogP contribution >= 0.6 is 11.8 Å². The Morgan fingerprint density at radius 3 is 2.27 bits per heavy atom. The van der Waals surface area contributed by atoms with Crippen molar-refractivity contribution in [2.75, 3.05) is 36.8 Å². The molecule has 336 valence electrons. The molecule has 3 aliphatic rings. The number of fused-ring (bicyclic) bond motifs is 2. The number of ketones is 1. The zero-order valence-corrected chi connectivity index (χ0v) is 36.9. The molecule has 3 aliphatic heterocycles. The lowest BCUT2D eigenvalue weighted by Crippen LogP contribution is -2.54. The second kappa shape index (κ2) is 22.3. The molecule has 0 radical (unpaired) electrons. The number of carbonyl (C=O) groups is 6. The summed E-state index contributed by atoms with van der Waals surface area (Å²) in [6.07, 6.45) is 3.86. The van der Waals surface area contributed by atoms with Crippen molar-refractivity contribution >= 4 is 52.9 Å². The molecule has 0 bridgehead atoms. The van der Waals surface area contributed by atoms with Crippen LogP contribution in [0.2, 0.25) is 0 Å². The largest absolute Gasteiger partial charge is 0.481 e. The van der Waals surface area contributed by atoms with E-state index >= 15 is 0 Å². The summed E-state index contributed by atoms with van der Waals surface area (Å²) >= 11 is 1.85. The minimum atomic E-state index is -0.904. The van der Waals surface area contributed by atoms with Crippen LogP contribution in [0.1, 0.15) is 78.6 Å². The van der Waals surface area contributed by atoms with Gasteiger partial charge < -0.3 is 41.5 Å². The predicted molar refractivity (Wildman–Crippen MR) is 247 cm³/mol. The van der Waals surface area contributed by atoms with Crippen LogP contribution in [0.15, 0.2) is 109 Å². The number of nitrogens with zero attached hydrogens (tertiary/aromatic N) is 1. The fourth-order valence-electron chi connectivity index (χ4n) is 8.42. The Balaban J connectivity index is 0.883.